The van der Waals surface area contributed by atoms with E-state index in [1.54, 1.807) is 14.0 Å². The van der Waals surface area contributed by atoms with E-state index in [4.69, 9.17) is 23.7 Å². The molecular formula is C31H41NO10. The lowest BCUT2D eigenvalue weighted by Gasteiger charge is -2.49. The van der Waals surface area contributed by atoms with Crippen molar-refractivity contribution < 1.29 is 48.7 Å². The summed E-state index contributed by atoms with van der Waals surface area (Å²) < 4.78 is 30.3. The lowest BCUT2D eigenvalue weighted by atomic mass is 9.57. The highest BCUT2D eigenvalue weighted by Gasteiger charge is 2.69. The number of carbonyl (C=O) groups excluding carboxylic acids is 2. The van der Waals surface area contributed by atoms with Crippen molar-refractivity contribution in [2.75, 3.05) is 7.11 Å². The molecule has 42 heavy (non-hydrogen) atoms. The molecule has 0 amide bonds. The molecule has 3 N–H and O–H groups in total. The van der Waals surface area contributed by atoms with Crippen LogP contribution in [0.2, 0.25) is 0 Å². The Kier molecular flexibility index (Phi) is 8.08. The smallest absolute Gasteiger partial charge is 0.358 e. The van der Waals surface area contributed by atoms with E-state index in [1.807, 2.05) is 32.9 Å². The number of hydrogen-bond donors (Lipinski definition) is 3. The summed E-state index contributed by atoms with van der Waals surface area (Å²) in [5.41, 5.74) is -0.270. The minimum Gasteiger partial charge on any atom is -0.489 e. The summed E-state index contributed by atoms with van der Waals surface area (Å²) >= 11 is 0. The van der Waals surface area contributed by atoms with Crippen molar-refractivity contribution in [2.24, 2.45) is 29.6 Å². The van der Waals surface area contributed by atoms with E-state index >= 15 is 0 Å². The molecule has 3 unspecified atom stereocenters. The van der Waals surface area contributed by atoms with Crippen molar-refractivity contribution in [3.63, 3.8) is 0 Å². The molecule has 2 fully saturated rings. The summed E-state index contributed by atoms with van der Waals surface area (Å²) in [5, 5.41) is 32.8. The summed E-state index contributed by atoms with van der Waals surface area (Å²) in [7, 11) is 1.58. The van der Waals surface area contributed by atoms with Crippen LogP contribution in [-0.4, -0.2) is 81.4 Å². The number of aliphatic hydroxyl groups is 2. The van der Waals surface area contributed by atoms with Crippen LogP contribution in [0.3, 0.4) is 0 Å². The van der Waals surface area contributed by atoms with Crippen molar-refractivity contribution in [3.8, 4) is 5.88 Å². The standard InChI is InChI=1S/C31H41NO10/c1-14-12-15(2)31-20(13-23(38-7)18(5)39-27(14)17(4)33)8-9-21-25(31)26(35)16(3)28(29(21)42-31)41-30(36)22-10-11-24(32(22)37)40-19(6)34/h8-12,14,16-17,20-21,23,25-29,33,35,37H,5,13H2,1-4,6-7H3/b15-12+/t14-,16-,17-,20-,21?,23+,25?,26?,27+,28-,29-,31+/m1/s1. The third kappa shape index (κ3) is 4.76. The van der Waals surface area contributed by atoms with Gasteiger partial charge in [0.2, 0.25) is 5.88 Å². The second kappa shape index (κ2) is 11.2. The SMILES string of the molecule is C=C1O[C@H]([C@@H](C)O)[C@H](C)/C=C(\C)[C@]23O[C@@H]4C(C=C[C@@H]2C[C@@H]1OC)C3C(O)[C@@H](C)[C@H]4OC(=O)c1ccc(OC(C)=O)n1O. The Balaban J connectivity index is 1.52. The van der Waals surface area contributed by atoms with Crippen LogP contribution in [-0.2, 0) is 23.7 Å². The molecule has 11 heteroatoms. The van der Waals surface area contributed by atoms with E-state index in [9.17, 15) is 25.0 Å². The highest BCUT2D eigenvalue weighted by atomic mass is 16.6. The fraction of sp³-hybridized carbons (Fsp3) is 0.613. The number of rotatable bonds is 5. The zero-order valence-electron chi connectivity index (χ0n) is 24.8. The maximum Gasteiger partial charge on any atom is 0.358 e. The molecule has 4 aliphatic rings. The topological polar surface area (TPSA) is 146 Å². The number of carbonyl (C=O) groups is 2. The number of esters is 2. The summed E-state index contributed by atoms with van der Waals surface area (Å²) in [6.07, 6.45) is 2.44. The molecule has 2 aliphatic carbocycles. The lowest BCUT2D eigenvalue weighted by molar-refractivity contribution is -0.133. The molecule has 4 bridgehead atoms. The van der Waals surface area contributed by atoms with Gasteiger partial charge < -0.3 is 39.1 Å². The molecule has 1 aromatic heterocycles. The van der Waals surface area contributed by atoms with E-state index in [1.165, 1.54) is 19.1 Å². The molecule has 1 aromatic rings. The Bertz CT molecular complexity index is 1300. The van der Waals surface area contributed by atoms with Gasteiger partial charge >= 0.3 is 11.9 Å². The predicted octanol–water partition coefficient (Wildman–Crippen LogP) is 3.02. The van der Waals surface area contributed by atoms with Gasteiger partial charge in [-0.05, 0) is 31.9 Å². The van der Waals surface area contributed by atoms with E-state index in [2.05, 4.69) is 12.7 Å². The van der Waals surface area contributed by atoms with Gasteiger partial charge in [0.15, 0.2) is 5.69 Å². The molecule has 5 rings (SSSR count). The van der Waals surface area contributed by atoms with Gasteiger partial charge in [-0.25, -0.2) is 4.79 Å². The largest absolute Gasteiger partial charge is 0.489 e. The molecule has 3 heterocycles. The van der Waals surface area contributed by atoms with Crippen molar-refractivity contribution in [1.82, 2.24) is 4.73 Å². The summed E-state index contributed by atoms with van der Waals surface area (Å²) in [5.74, 6) is -2.84. The van der Waals surface area contributed by atoms with E-state index in [-0.39, 0.29) is 35.2 Å². The van der Waals surface area contributed by atoms with Crippen LogP contribution in [0.1, 0.15) is 51.5 Å². The first-order valence-electron chi connectivity index (χ1n) is 14.4. The fourth-order valence-electron chi connectivity index (χ4n) is 7.58. The molecule has 230 valence electrons. The Morgan fingerprint density at radius 1 is 1.24 bits per heavy atom. The molecule has 0 aromatic carbocycles. The average Bonchev–Trinajstić information content (AvgIpc) is 3.37. The third-order valence-electron chi connectivity index (χ3n) is 9.53. The van der Waals surface area contributed by atoms with Gasteiger partial charge in [0.05, 0.1) is 12.2 Å². The number of nitrogens with zero attached hydrogens (tertiary/aromatic N) is 1. The number of aromatic nitrogens is 1. The zero-order valence-corrected chi connectivity index (χ0v) is 24.8. The van der Waals surface area contributed by atoms with Gasteiger partial charge in [-0.1, -0.05) is 38.7 Å². The number of hydrogen-bond acceptors (Lipinski definition) is 10. The zero-order chi connectivity index (χ0) is 30.7. The van der Waals surface area contributed by atoms with Gasteiger partial charge in [0.25, 0.3) is 0 Å². The molecule has 1 saturated heterocycles. The lowest BCUT2D eigenvalue weighted by Crippen LogP contribution is -2.57. The molecule has 0 radical (unpaired) electrons. The third-order valence-corrected chi connectivity index (χ3v) is 9.53. The van der Waals surface area contributed by atoms with Crippen LogP contribution in [0.4, 0.5) is 0 Å². The van der Waals surface area contributed by atoms with Crippen LogP contribution in [0.25, 0.3) is 0 Å². The normalized spacial score (nSPS) is 41.1. The van der Waals surface area contributed by atoms with Crippen molar-refractivity contribution in [3.05, 3.63) is 54.0 Å². The highest BCUT2D eigenvalue weighted by molar-refractivity contribution is 5.88. The van der Waals surface area contributed by atoms with Gasteiger partial charge in [-0.2, -0.15) is 0 Å². The summed E-state index contributed by atoms with van der Waals surface area (Å²) in [6, 6.07) is 2.59. The van der Waals surface area contributed by atoms with E-state index < -0.39 is 60.1 Å². The second-order valence-corrected chi connectivity index (χ2v) is 12.1. The average molecular weight is 588 g/mol. The summed E-state index contributed by atoms with van der Waals surface area (Å²) in [4.78, 5) is 24.6. The quantitative estimate of drug-likeness (QED) is 0.267. The molecule has 11 nitrogen and oxygen atoms in total. The molecule has 1 spiro atoms. The van der Waals surface area contributed by atoms with Crippen LogP contribution in [0, 0.1) is 29.6 Å². The Morgan fingerprint density at radius 3 is 2.60 bits per heavy atom. The van der Waals surface area contributed by atoms with E-state index in [0.29, 0.717) is 16.9 Å². The minimum absolute atomic E-state index is 0.214. The second-order valence-electron chi connectivity index (χ2n) is 12.1. The first-order valence-corrected chi connectivity index (χ1v) is 14.4. The summed E-state index contributed by atoms with van der Waals surface area (Å²) in [6.45, 7) is 12.7. The molecule has 12 atom stereocenters. The minimum atomic E-state index is -0.940. The number of methoxy groups -OCH3 is 1. The van der Waals surface area contributed by atoms with Gasteiger partial charge in [0, 0.05) is 49.7 Å². The van der Waals surface area contributed by atoms with Crippen molar-refractivity contribution >= 4 is 11.9 Å². The fourth-order valence-corrected chi connectivity index (χ4v) is 7.58. The maximum absolute atomic E-state index is 13.3. The maximum atomic E-state index is 13.3. The highest BCUT2D eigenvalue weighted by Crippen LogP contribution is 2.61. The Hall–Kier alpha value is -3.12. The van der Waals surface area contributed by atoms with Crippen LogP contribution < -0.4 is 4.74 Å². The van der Waals surface area contributed by atoms with Crippen molar-refractivity contribution in [2.45, 2.75) is 83.3 Å². The van der Waals surface area contributed by atoms with Crippen LogP contribution in [0.15, 0.2) is 48.3 Å². The molecule has 1 saturated carbocycles. The van der Waals surface area contributed by atoms with E-state index in [0.717, 1.165) is 5.57 Å². The Labute approximate surface area is 245 Å². The monoisotopic (exact) mass is 587 g/mol. The van der Waals surface area contributed by atoms with Gasteiger partial charge in [0.1, 0.15) is 35.8 Å². The number of ether oxygens (including phenoxy) is 5. The van der Waals surface area contributed by atoms with Crippen LogP contribution in [0.5, 0.6) is 5.88 Å². The first-order chi connectivity index (χ1) is 19.8. The van der Waals surface area contributed by atoms with Crippen molar-refractivity contribution in [1.29, 1.82) is 0 Å². The molecular weight excluding hydrogens is 546 g/mol. The predicted molar refractivity (Wildman–Crippen MR) is 149 cm³/mol. The molecule has 2 aliphatic heterocycles. The van der Waals surface area contributed by atoms with Crippen LogP contribution >= 0.6 is 0 Å². The number of aliphatic hydroxyl groups excluding tert-OH is 2. The van der Waals surface area contributed by atoms with Gasteiger partial charge in [-0.15, -0.1) is 4.73 Å². The van der Waals surface area contributed by atoms with Gasteiger partial charge in [-0.3, -0.25) is 4.79 Å². The Morgan fingerprint density at radius 2 is 1.95 bits per heavy atom. The first kappa shape index (κ1) is 30.3.